The number of aromatic nitrogens is 2. The smallest absolute Gasteiger partial charge is 0.264 e. The van der Waals surface area contributed by atoms with Gasteiger partial charge < -0.3 is 0 Å². The number of carbonyl (C=O) groups is 1. The average molecular weight is 540 g/mol. The molecule has 0 spiro atoms. The number of rotatable bonds is 8. The fourth-order valence-corrected chi connectivity index (χ4v) is 4.74. The molecule has 11 heteroatoms. The van der Waals surface area contributed by atoms with Gasteiger partial charge in [0.1, 0.15) is 5.82 Å². The first-order chi connectivity index (χ1) is 15.5. The van der Waals surface area contributed by atoms with E-state index < -0.39 is 31.9 Å². The summed E-state index contributed by atoms with van der Waals surface area (Å²) < 4.78 is 38.3. The van der Waals surface area contributed by atoms with Crippen molar-refractivity contribution in [3.63, 3.8) is 0 Å². The minimum Gasteiger partial charge on any atom is -0.299 e. The van der Waals surface area contributed by atoms with Crippen LogP contribution in [0.4, 0.5) is 4.39 Å². The topological polar surface area (TPSA) is 118 Å². The number of hydrogen-bond donors (Lipinski definition) is 2. The van der Waals surface area contributed by atoms with Crippen LogP contribution in [0, 0.1) is 5.82 Å². The number of nitrogens with one attached hydrogen (secondary N) is 1. The van der Waals surface area contributed by atoms with E-state index in [-0.39, 0.29) is 23.9 Å². The summed E-state index contributed by atoms with van der Waals surface area (Å²) in [5, 5.41) is 9.78. The molecule has 3 aromatic rings. The number of benzene rings is 2. The van der Waals surface area contributed by atoms with Crippen LogP contribution in [0.3, 0.4) is 0 Å². The minimum absolute atomic E-state index is 0.0299. The number of alkyl halides is 1. The van der Waals surface area contributed by atoms with Gasteiger partial charge in [0.05, 0.1) is 17.2 Å². The summed E-state index contributed by atoms with van der Waals surface area (Å²) in [7, 11) is -3.92. The average Bonchev–Trinajstić information content (AvgIpc) is 2.78. The molecule has 8 nitrogen and oxygen atoms in total. The second-order valence-electron chi connectivity index (χ2n) is 7.92. The van der Waals surface area contributed by atoms with E-state index in [4.69, 9.17) is 5.21 Å². The number of fused-ring (bicyclic) bond motifs is 1. The first-order valence-electron chi connectivity index (χ1n) is 10.00. The van der Waals surface area contributed by atoms with Crippen LogP contribution in [0.25, 0.3) is 22.0 Å². The van der Waals surface area contributed by atoms with Crippen molar-refractivity contribution in [3.8, 4) is 11.1 Å². The van der Waals surface area contributed by atoms with Crippen molar-refractivity contribution >= 4 is 42.6 Å². The van der Waals surface area contributed by atoms with Gasteiger partial charge >= 0.3 is 0 Å². The largest absolute Gasteiger partial charge is 0.299 e. The Morgan fingerprint density at radius 1 is 1.27 bits per heavy atom. The zero-order valence-corrected chi connectivity index (χ0v) is 20.4. The van der Waals surface area contributed by atoms with Crippen molar-refractivity contribution < 1.29 is 22.8 Å². The van der Waals surface area contributed by atoms with E-state index in [9.17, 15) is 22.4 Å². The Bertz CT molecular complexity index is 1360. The molecule has 0 aliphatic carbocycles. The van der Waals surface area contributed by atoms with Gasteiger partial charge in [0, 0.05) is 23.7 Å². The maximum absolute atomic E-state index is 14.9. The summed E-state index contributed by atoms with van der Waals surface area (Å²) in [6.07, 6.45) is 2.64. The fourth-order valence-electron chi connectivity index (χ4n) is 3.44. The third-order valence-corrected chi connectivity index (χ3v) is 8.21. The Morgan fingerprint density at radius 3 is 2.52 bits per heavy atom. The molecular formula is C22H23BrFN3O5S. The van der Waals surface area contributed by atoms with Gasteiger partial charge in [-0.15, -0.1) is 0 Å². The Kier molecular flexibility index (Phi) is 7.35. The van der Waals surface area contributed by atoms with Gasteiger partial charge in [-0.3, -0.25) is 19.4 Å². The van der Waals surface area contributed by atoms with Gasteiger partial charge in [0.15, 0.2) is 14.6 Å². The predicted octanol–water partition coefficient (Wildman–Crippen LogP) is 2.84. The summed E-state index contributed by atoms with van der Waals surface area (Å²) >= 11 is 3.38. The number of hydroxylamine groups is 1. The Morgan fingerprint density at radius 2 is 1.94 bits per heavy atom. The Balaban J connectivity index is 1.96. The van der Waals surface area contributed by atoms with E-state index in [0.717, 1.165) is 41.1 Å². The number of sulfone groups is 1. The second-order valence-corrected chi connectivity index (χ2v) is 11.2. The summed E-state index contributed by atoms with van der Waals surface area (Å²) in [5.41, 5.74) is 3.14. The first kappa shape index (κ1) is 25.0. The summed E-state index contributed by atoms with van der Waals surface area (Å²) in [4.78, 5) is 29.1. The van der Waals surface area contributed by atoms with Gasteiger partial charge in [-0.1, -0.05) is 40.2 Å². The number of hydrogen-bond acceptors (Lipinski definition) is 6. The molecule has 2 N–H and O–H groups in total. The van der Waals surface area contributed by atoms with Crippen molar-refractivity contribution in [1.29, 1.82) is 0 Å². The maximum Gasteiger partial charge on any atom is 0.264 e. The Hall–Kier alpha value is -2.63. The lowest BCUT2D eigenvalue weighted by Gasteiger charge is -2.25. The van der Waals surface area contributed by atoms with Crippen molar-refractivity contribution in [2.45, 2.75) is 31.1 Å². The number of aryl methyl sites for hydroxylation is 2. The number of amides is 1. The molecule has 1 heterocycles. The van der Waals surface area contributed by atoms with E-state index in [1.165, 1.54) is 17.9 Å². The lowest BCUT2D eigenvalue weighted by molar-refractivity contribution is -0.131. The van der Waals surface area contributed by atoms with Gasteiger partial charge in [0.25, 0.3) is 11.5 Å². The molecule has 3 rings (SSSR count). The zero-order chi connectivity index (χ0) is 24.4. The zero-order valence-electron chi connectivity index (χ0n) is 18.0. The third-order valence-electron chi connectivity index (χ3n) is 5.79. The number of nitrogens with zero attached hydrogens (tertiary/aromatic N) is 2. The summed E-state index contributed by atoms with van der Waals surface area (Å²) in [5.74, 6) is -1.70. The van der Waals surface area contributed by atoms with E-state index >= 15 is 0 Å². The lowest BCUT2D eigenvalue weighted by atomic mass is 10.0. The molecular weight excluding hydrogens is 517 g/mol. The van der Waals surface area contributed by atoms with Crippen LogP contribution in [-0.4, -0.2) is 45.4 Å². The standard InChI is InChI=1S/C22H23BrFN3O5S/c1-22(21(29)26-30,33(2,31)32)8-10-27-13-25-19-12-16(18(24)11-17(19)20(27)28)15-5-3-14(4-6-15)7-9-23/h3-6,11-13,30H,7-10H2,1-2H3,(H,26,29)/t22-/m1/s1. The molecule has 0 saturated heterocycles. The minimum atomic E-state index is -3.92. The summed E-state index contributed by atoms with van der Waals surface area (Å²) in [6.45, 7) is 0.972. The van der Waals surface area contributed by atoms with Crippen LogP contribution in [0.15, 0.2) is 47.5 Å². The van der Waals surface area contributed by atoms with Gasteiger partial charge in [-0.05, 0) is 43.0 Å². The second kappa shape index (κ2) is 9.70. The molecule has 1 aromatic heterocycles. The highest BCUT2D eigenvalue weighted by Gasteiger charge is 2.43. The quantitative estimate of drug-likeness (QED) is 0.258. The SMILES string of the molecule is C[C@@](CCn1cnc2cc(-c3ccc(CCBr)cc3)c(F)cc2c1=O)(C(=O)NO)S(C)(=O)=O. The maximum atomic E-state index is 14.9. The van der Waals surface area contributed by atoms with Crippen LogP contribution in [0.2, 0.25) is 0 Å². The molecule has 0 aliphatic heterocycles. The first-order valence-corrected chi connectivity index (χ1v) is 13.0. The van der Waals surface area contributed by atoms with Crippen LogP contribution in [0.5, 0.6) is 0 Å². The number of halogens is 2. The Labute approximate surface area is 198 Å². The molecule has 0 radical (unpaired) electrons. The van der Waals surface area contributed by atoms with Crippen LogP contribution < -0.4 is 11.0 Å². The van der Waals surface area contributed by atoms with E-state index in [1.807, 2.05) is 24.3 Å². The molecule has 1 atom stereocenters. The van der Waals surface area contributed by atoms with Crippen molar-refractivity contribution in [3.05, 3.63) is 64.5 Å². The van der Waals surface area contributed by atoms with Crippen LogP contribution in [0.1, 0.15) is 18.9 Å². The van der Waals surface area contributed by atoms with Crippen LogP contribution in [-0.2, 0) is 27.6 Å². The van der Waals surface area contributed by atoms with E-state index in [0.29, 0.717) is 11.1 Å². The molecule has 33 heavy (non-hydrogen) atoms. The highest BCUT2D eigenvalue weighted by atomic mass is 79.9. The summed E-state index contributed by atoms with van der Waals surface area (Å²) in [6, 6.07) is 10.0. The fraction of sp³-hybridized carbons (Fsp3) is 0.318. The predicted molar refractivity (Wildman–Crippen MR) is 127 cm³/mol. The van der Waals surface area contributed by atoms with Gasteiger partial charge in [-0.2, -0.15) is 0 Å². The molecule has 2 aromatic carbocycles. The molecule has 0 fully saturated rings. The van der Waals surface area contributed by atoms with Crippen molar-refractivity contribution in [1.82, 2.24) is 15.0 Å². The molecule has 0 saturated carbocycles. The van der Waals surface area contributed by atoms with Crippen molar-refractivity contribution in [2.75, 3.05) is 11.6 Å². The van der Waals surface area contributed by atoms with E-state index in [2.05, 4.69) is 20.9 Å². The lowest BCUT2D eigenvalue weighted by Crippen LogP contribution is -2.50. The molecule has 176 valence electrons. The van der Waals surface area contributed by atoms with Crippen molar-refractivity contribution in [2.24, 2.45) is 0 Å². The normalized spacial score (nSPS) is 13.6. The molecule has 0 aliphatic rings. The van der Waals surface area contributed by atoms with E-state index in [1.54, 1.807) is 0 Å². The highest BCUT2D eigenvalue weighted by molar-refractivity contribution is 9.09. The number of carbonyl (C=O) groups excluding carboxylic acids is 1. The van der Waals surface area contributed by atoms with Gasteiger partial charge in [0.2, 0.25) is 0 Å². The van der Waals surface area contributed by atoms with Gasteiger partial charge in [-0.25, -0.2) is 23.3 Å². The highest BCUT2D eigenvalue weighted by Crippen LogP contribution is 2.27. The van der Waals surface area contributed by atoms with Crippen LogP contribution >= 0.6 is 15.9 Å². The molecule has 0 bridgehead atoms. The molecule has 0 unspecified atom stereocenters. The molecule has 1 amide bonds. The third kappa shape index (κ3) is 4.99. The monoisotopic (exact) mass is 539 g/mol.